The van der Waals surface area contributed by atoms with Crippen molar-refractivity contribution in [3.05, 3.63) is 64.5 Å². The number of nitrogens with one attached hydrogen (secondary N) is 1. The molecule has 136 valence electrons. The molecule has 4 nitrogen and oxygen atoms in total. The molecule has 0 spiro atoms. The lowest BCUT2D eigenvalue weighted by Gasteiger charge is -2.17. The summed E-state index contributed by atoms with van der Waals surface area (Å²) in [6.45, 7) is 2.06. The van der Waals surface area contributed by atoms with Crippen LogP contribution in [0, 0.1) is 6.92 Å². The zero-order valence-electron chi connectivity index (χ0n) is 14.8. The smallest absolute Gasteiger partial charge is 0.224 e. The van der Waals surface area contributed by atoms with Crippen molar-refractivity contribution in [3.63, 3.8) is 0 Å². The molecule has 27 heavy (non-hydrogen) atoms. The van der Waals surface area contributed by atoms with Crippen LogP contribution in [0.4, 0.5) is 5.69 Å². The van der Waals surface area contributed by atoms with Gasteiger partial charge in [-0.1, -0.05) is 41.6 Å². The Morgan fingerprint density at radius 1 is 1.19 bits per heavy atom. The maximum Gasteiger partial charge on any atom is 0.224 e. The van der Waals surface area contributed by atoms with Crippen LogP contribution in [-0.4, -0.2) is 22.4 Å². The number of thioether (sulfide) groups is 1. The Labute approximate surface area is 166 Å². The average Bonchev–Trinajstić information content (AvgIpc) is 3.15. The highest BCUT2D eigenvalue weighted by Crippen LogP contribution is 2.29. The summed E-state index contributed by atoms with van der Waals surface area (Å²) in [6.07, 6.45) is 1.15. The fraction of sp³-hybridized carbons (Fsp3) is 0.190. The van der Waals surface area contributed by atoms with Gasteiger partial charge in [0, 0.05) is 28.6 Å². The summed E-state index contributed by atoms with van der Waals surface area (Å²) in [5, 5.41) is 4.87. The fourth-order valence-corrected chi connectivity index (χ4v) is 4.68. The van der Waals surface area contributed by atoms with Crippen molar-refractivity contribution < 1.29 is 9.59 Å². The SMILES string of the molecule is Cc1ccc(-c2csc(SCC(=O)c3ccc4c(c3)CCC(=O)N4)n2)cc1. The molecule has 0 bridgehead atoms. The van der Waals surface area contributed by atoms with E-state index in [1.807, 2.05) is 17.5 Å². The van der Waals surface area contributed by atoms with E-state index in [9.17, 15) is 9.59 Å². The first-order valence-electron chi connectivity index (χ1n) is 8.70. The van der Waals surface area contributed by atoms with Gasteiger partial charge in [-0.3, -0.25) is 9.59 Å². The Balaban J connectivity index is 1.41. The summed E-state index contributed by atoms with van der Waals surface area (Å²) in [6, 6.07) is 13.8. The molecular formula is C21H18N2O2S2. The highest BCUT2D eigenvalue weighted by molar-refractivity contribution is 8.01. The highest BCUT2D eigenvalue weighted by atomic mass is 32.2. The van der Waals surface area contributed by atoms with Crippen molar-refractivity contribution in [1.29, 1.82) is 0 Å². The molecule has 0 fully saturated rings. The third kappa shape index (κ3) is 4.12. The molecule has 1 aromatic heterocycles. The predicted molar refractivity (Wildman–Crippen MR) is 111 cm³/mol. The van der Waals surface area contributed by atoms with Crippen LogP contribution in [0.1, 0.15) is 27.9 Å². The van der Waals surface area contributed by atoms with E-state index in [4.69, 9.17) is 0 Å². The minimum absolute atomic E-state index is 0.0327. The first kappa shape index (κ1) is 17.9. The van der Waals surface area contributed by atoms with Crippen LogP contribution in [-0.2, 0) is 11.2 Å². The number of Topliss-reactive ketones (excluding diaryl/α,β-unsaturated/α-hetero) is 1. The van der Waals surface area contributed by atoms with E-state index >= 15 is 0 Å². The molecule has 4 rings (SSSR count). The van der Waals surface area contributed by atoms with Crippen LogP contribution in [0.25, 0.3) is 11.3 Å². The second-order valence-corrected chi connectivity index (χ2v) is 8.58. The second-order valence-electron chi connectivity index (χ2n) is 6.50. The number of nitrogens with zero attached hydrogens (tertiary/aromatic N) is 1. The zero-order valence-corrected chi connectivity index (χ0v) is 16.5. The lowest BCUT2D eigenvalue weighted by atomic mass is 9.99. The number of carbonyl (C=O) groups is 2. The predicted octanol–water partition coefficient (Wildman–Crippen LogP) is 4.98. The van der Waals surface area contributed by atoms with Gasteiger partial charge >= 0.3 is 0 Å². The number of aryl methyl sites for hydroxylation is 2. The lowest BCUT2D eigenvalue weighted by Crippen LogP contribution is -2.19. The van der Waals surface area contributed by atoms with Gasteiger partial charge in [0.05, 0.1) is 11.4 Å². The van der Waals surface area contributed by atoms with Gasteiger partial charge in [-0.15, -0.1) is 11.3 Å². The van der Waals surface area contributed by atoms with Crippen molar-refractivity contribution >= 4 is 40.5 Å². The molecule has 3 aromatic rings. The number of thiazole rings is 1. The third-order valence-electron chi connectivity index (χ3n) is 4.48. The Kier molecular flexibility index (Phi) is 5.09. The first-order chi connectivity index (χ1) is 13.1. The number of fused-ring (bicyclic) bond motifs is 1. The molecule has 0 radical (unpaired) electrons. The molecule has 6 heteroatoms. The van der Waals surface area contributed by atoms with E-state index in [-0.39, 0.29) is 11.7 Å². The van der Waals surface area contributed by atoms with Crippen LogP contribution in [0.2, 0.25) is 0 Å². The second kappa shape index (κ2) is 7.66. The molecule has 1 amide bonds. The van der Waals surface area contributed by atoms with E-state index in [0.29, 0.717) is 24.2 Å². The lowest BCUT2D eigenvalue weighted by molar-refractivity contribution is -0.116. The van der Waals surface area contributed by atoms with Gasteiger partial charge in [0.15, 0.2) is 10.1 Å². The minimum atomic E-state index is 0.0327. The van der Waals surface area contributed by atoms with E-state index in [0.717, 1.165) is 26.8 Å². The van der Waals surface area contributed by atoms with Gasteiger partial charge in [-0.2, -0.15) is 0 Å². The fourth-order valence-electron chi connectivity index (χ4n) is 2.95. The van der Waals surface area contributed by atoms with Crippen molar-refractivity contribution in [3.8, 4) is 11.3 Å². The van der Waals surface area contributed by atoms with Gasteiger partial charge < -0.3 is 5.32 Å². The summed E-state index contributed by atoms with van der Waals surface area (Å²) < 4.78 is 0.893. The van der Waals surface area contributed by atoms with Crippen molar-refractivity contribution in [2.24, 2.45) is 0 Å². The van der Waals surface area contributed by atoms with Crippen molar-refractivity contribution in [1.82, 2.24) is 4.98 Å². The van der Waals surface area contributed by atoms with Gasteiger partial charge in [0.2, 0.25) is 5.91 Å². The molecule has 2 aromatic carbocycles. The first-order valence-corrected chi connectivity index (χ1v) is 10.6. The molecule has 2 heterocycles. The van der Waals surface area contributed by atoms with Gasteiger partial charge in [0.25, 0.3) is 0 Å². The van der Waals surface area contributed by atoms with Crippen LogP contribution < -0.4 is 5.32 Å². The number of ketones is 1. The number of hydrogen-bond donors (Lipinski definition) is 1. The minimum Gasteiger partial charge on any atom is -0.326 e. The average molecular weight is 395 g/mol. The number of aromatic nitrogens is 1. The monoisotopic (exact) mass is 394 g/mol. The number of rotatable bonds is 5. The zero-order chi connectivity index (χ0) is 18.8. The number of hydrogen-bond acceptors (Lipinski definition) is 5. The molecule has 0 saturated carbocycles. The third-order valence-corrected chi connectivity index (χ3v) is 6.50. The van der Waals surface area contributed by atoms with Gasteiger partial charge in [-0.25, -0.2) is 4.98 Å². The van der Waals surface area contributed by atoms with E-state index in [1.54, 1.807) is 17.4 Å². The van der Waals surface area contributed by atoms with Crippen LogP contribution in [0.15, 0.2) is 52.2 Å². The molecule has 0 unspecified atom stereocenters. The van der Waals surface area contributed by atoms with Crippen LogP contribution >= 0.6 is 23.1 Å². The molecule has 1 N–H and O–H groups in total. The summed E-state index contributed by atoms with van der Waals surface area (Å²) in [4.78, 5) is 28.6. The number of amides is 1. The Morgan fingerprint density at radius 3 is 2.81 bits per heavy atom. The number of carbonyl (C=O) groups excluding carboxylic acids is 2. The normalized spacial score (nSPS) is 13.1. The Morgan fingerprint density at radius 2 is 2.00 bits per heavy atom. The topological polar surface area (TPSA) is 59.1 Å². The van der Waals surface area contributed by atoms with Crippen molar-refractivity contribution in [2.45, 2.75) is 24.1 Å². The Bertz CT molecular complexity index is 1010. The molecule has 0 saturated heterocycles. The van der Waals surface area contributed by atoms with Crippen molar-refractivity contribution in [2.75, 3.05) is 11.1 Å². The van der Waals surface area contributed by atoms with Crippen LogP contribution in [0.5, 0.6) is 0 Å². The van der Waals surface area contributed by atoms with E-state index in [2.05, 4.69) is 41.5 Å². The maximum atomic E-state index is 12.6. The molecule has 0 atom stereocenters. The van der Waals surface area contributed by atoms with Gasteiger partial charge in [-0.05, 0) is 37.1 Å². The largest absolute Gasteiger partial charge is 0.326 e. The molecular weight excluding hydrogens is 376 g/mol. The number of anilines is 1. The molecule has 1 aliphatic rings. The quantitative estimate of drug-likeness (QED) is 0.490. The number of benzene rings is 2. The summed E-state index contributed by atoms with van der Waals surface area (Å²) in [5.41, 5.74) is 5.79. The van der Waals surface area contributed by atoms with Crippen LogP contribution in [0.3, 0.4) is 0 Å². The Hall–Kier alpha value is -2.44. The van der Waals surface area contributed by atoms with Gasteiger partial charge in [0.1, 0.15) is 0 Å². The summed E-state index contributed by atoms with van der Waals surface area (Å²) >= 11 is 3.03. The van der Waals surface area contributed by atoms with E-state index < -0.39 is 0 Å². The molecule has 0 aliphatic carbocycles. The standard InChI is InChI=1S/C21H18N2O2S2/c1-13-2-4-14(5-3-13)18-11-26-21(23-18)27-12-19(24)16-6-8-17-15(10-16)7-9-20(25)22-17/h2-6,8,10-11H,7,9,12H2,1H3,(H,22,25). The summed E-state index contributed by atoms with van der Waals surface area (Å²) in [5.74, 6) is 0.462. The molecule has 1 aliphatic heterocycles. The van der Waals surface area contributed by atoms with E-state index in [1.165, 1.54) is 17.3 Å². The highest BCUT2D eigenvalue weighted by Gasteiger charge is 2.17. The summed E-state index contributed by atoms with van der Waals surface area (Å²) in [7, 11) is 0. The maximum absolute atomic E-state index is 12.6.